The molecule has 0 heterocycles. The van der Waals surface area contributed by atoms with Crippen molar-refractivity contribution in [2.75, 3.05) is 12.4 Å². The molecule has 0 spiro atoms. The number of aryl methyl sites for hydroxylation is 3. The van der Waals surface area contributed by atoms with Crippen molar-refractivity contribution in [3.63, 3.8) is 0 Å². The van der Waals surface area contributed by atoms with Gasteiger partial charge in [-0.25, -0.2) is 0 Å². The summed E-state index contributed by atoms with van der Waals surface area (Å²) in [4.78, 5) is 0. The Morgan fingerprint density at radius 1 is 1.08 bits per heavy atom. The second-order valence-corrected chi connectivity index (χ2v) is 3.39. The topological polar surface area (TPSA) is 12.0 Å². The molecule has 1 aromatic carbocycles. The predicted octanol–water partition coefficient (Wildman–Crippen LogP) is 3.16. The van der Waals surface area contributed by atoms with Crippen LogP contribution in [0.1, 0.15) is 30.5 Å². The van der Waals surface area contributed by atoms with Crippen LogP contribution >= 0.6 is 0 Å². The molecule has 1 heteroatoms. The predicted molar refractivity (Wildman–Crippen MR) is 59.5 cm³/mol. The van der Waals surface area contributed by atoms with Crippen LogP contribution in [0.5, 0.6) is 0 Å². The van der Waals surface area contributed by atoms with Gasteiger partial charge in [0.15, 0.2) is 0 Å². The van der Waals surface area contributed by atoms with E-state index in [1.54, 1.807) is 0 Å². The van der Waals surface area contributed by atoms with Crippen LogP contribution in [0.15, 0.2) is 12.1 Å². The van der Waals surface area contributed by atoms with Gasteiger partial charge in [0, 0.05) is 12.7 Å². The van der Waals surface area contributed by atoms with Crippen molar-refractivity contribution in [3.05, 3.63) is 28.8 Å². The minimum atomic E-state index is 1.10. The first kappa shape index (κ1) is 10.1. The first-order valence-electron chi connectivity index (χ1n) is 5.03. The molecule has 0 fully saturated rings. The van der Waals surface area contributed by atoms with Crippen LogP contribution in [0.2, 0.25) is 0 Å². The van der Waals surface area contributed by atoms with E-state index in [9.17, 15) is 0 Å². The van der Waals surface area contributed by atoms with E-state index in [-0.39, 0.29) is 0 Å². The summed E-state index contributed by atoms with van der Waals surface area (Å²) in [5.74, 6) is 0. The number of rotatable bonds is 3. The van der Waals surface area contributed by atoms with Gasteiger partial charge < -0.3 is 5.32 Å². The average molecular weight is 177 g/mol. The SMILES string of the molecule is CCc1cc(NC)c(CC)cc1C. The molecular formula is C12H19N. The lowest BCUT2D eigenvalue weighted by Crippen LogP contribution is -1.98. The Bertz CT molecular complexity index is 289. The lowest BCUT2D eigenvalue weighted by molar-refractivity contribution is 1.07. The second-order valence-electron chi connectivity index (χ2n) is 3.39. The van der Waals surface area contributed by atoms with E-state index in [0.29, 0.717) is 0 Å². The first-order valence-corrected chi connectivity index (χ1v) is 5.03. The van der Waals surface area contributed by atoms with E-state index in [0.717, 1.165) is 12.8 Å². The lowest BCUT2D eigenvalue weighted by Gasteiger charge is -2.12. The molecule has 0 amide bonds. The third kappa shape index (κ3) is 2.03. The highest BCUT2D eigenvalue weighted by Gasteiger charge is 2.03. The molecule has 0 atom stereocenters. The number of benzene rings is 1. The molecule has 72 valence electrons. The largest absolute Gasteiger partial charge is 0.388 e. The number of nitrogens with one attached hydrogen (secondary N) is 1. The van der Waals surface area contributed by atoms with Gasteiger partial charge in [-0.1, -0.05) is 19.9 Å². The van der Waals surface area contributed by atoms with E-state index >= 15 is 0 Å². The summed E-state index contributed by atoms with van der Waals surface area (Å²) in [5.41, 5.74) is 5.56. The van der Waals surface area contributed by atoms with E-state index in [2.05, 4.69) is 38.2 Å². The van der Waals surface area contributed by atoms with E-state index in [1.807, 2.05) is 7.05 Å². The van der Waals surface area contributed by atoms with E-state index in [4.69, 9.17) is 0 Å². The summed E-state index contributed by atoms with van der Waals surface area (Å²) >= 11 is 0. The van der Waals surface area contributed by atoms with Gasteiger partial charge in [0.05, 0.1) is 0 Å². The van der Waals surface area contributed by atoms with Crippen molar-refractivity contribution in [2.24, 2.45) is 0 Å². The summed E-state index contributed by atoms with van der Waals surface area (Å²) in [6.07, 6.45) is 2.21. The molecule has 0 aliphatic carbocycles. The molecule has 1 rings (SSSR count). The summed E-state index contributed by atoms with van der Waals surface area (Å²) in [6, 6.07) is 4.57. The smallest absolute Gasteiger partial charge is 0.0372 e. The molecule has 1 N–H and O–H groups in total. The third-order valence-corrected chi connectivity index (χ3v) is 2.59. The van der Waals surface area contributed by atoms with Gasteiger partial charge in [-0.2, -0.15) is 0 Å². The maximum atomic E-state index is 3.25. The number of hydrogen-bond acceptors (Lipinski definition) is 1. The fourth-order valence-corrected chi connectivity index (χ4v) is 1.72. The molecule has 0 radical (unpaired) electrons. The van der Waals surface area contributed by atoms with Gasteiger partial charge in [-0.15, -0.1) is 0 Å². The fourth-order valence-electron chi connectivity index (χ4n) is 1.72. The Hall–Kier alpha value is -0.980. The highest BCUT2D eigenvalue weighted by atomic mass is 14.8. The molecule has 1 aromatic rings. The zero-order valence-electron chi connectivity index (χ0n) is 9.07. The normalized spacial score (nSPS) is 10.2. The van der Waals surface area contributed by atoms with Gasteiger partial charge in [0.25, 0.3) is 0 Å². The minimum Gasteiger partial charge on any atom is -0.388 e. The van der Waals surface area contributed by atoms with Crippen molar-refractivity contribution in [1.29, 1.82) is 0 Å². The summed E-state index contributed by atoms with van der Waals surface area (Å²) in [7, 11) is 1.99. The molecular weight excluding hydrogens is 158 g/mol. The molecule has 0 aliphatic rings. The highest BCUT2D eigenvalue weighted by molar-refractivity contribution is 5.55. The van der Waals surface area contributed by atoms with E-state index in [1.165, 1.54) is 22.4 Å². The Kier molecular flexibility index (Phi) is 3.35. The van der Waals surface area contributed by atoms with Crippen molar-refractivity contribution in [2.45, 2.75) is 33.6 Å². The van der Waals surface area contributed by atoms with Crippen LogP contribution in [-0.2, 0) is 12.8 Å². The van der Waals surface area contributed by atoms with Gasteiger partial charge in [0.2, 0.25) is 0 Å². The Labute approximate surface area is 81.2 Å². The van der Waals surface area contributed by atoms with Gasteiger partial charge in [-0.05, 0) is 42.5 Å². The van der Waals surface area contributed by atoms with Crippen molar-refractivity contribution < 1.29 is 0 Å². The van der Waals surface area contributed by atoms with Crippen molar-refractivity contribution in [3.8, 4) is 0 Å². The molecule has 0 unspecified atom stereocenters. The van der Waals surface area contributed by atoms with Gasteiger partial charge in [0.1, 0.15) is 0 Å². The second kappa shape index (κ2) is 4.31. The molecule has 0 saturated carbocycles. The highest BCUT2D eigenvalue weighted by Crippen LogP contribution is 2.21. The maximum absolute atomic E-state index is 3.25. The molecule has 1 nitrogen and oxygen atoms in total. The van der Waals surface area contributed by atoms with Crippen LogP contribution < -0.4 is 5.32 Å². The molecule has 0 bridgehead atoms. The molecule has 0 aliphatic heterocycles. The number of hydrogen-bond donors (Lipinski definition) is 1. The Balaban J connectivity index is 3.18. The quantitative estimate of drug-likeness (QED) is 0.747. The van der Waals surface area contributed by atoms with Gasteiger partial charge in [-0.3, -0.25) is 0 Å². The van der Waals surface area contributed by atoms with E-state index < -0.39 is 0 Å². The Morgan fingerprint density at radius 3 is 2.15 bits per heavy atom. The number of anilines is 1. The zero-order chi connectivity index (χ0) is 9.84. The molecule has 0 aromatic heterocycles. The van der Waals surface area contributed by atoms with Crippen molar-refractivity contribution in [1.82, 2.24) is 0 Å². The van der Waals surface area contributed by atoms with Crippen LogP contribution in [-0.4, -0.2) is 7.05 Å². The summed E-state index contributed by atoms with van der Waals surface area (Å²) in [5, 5.41) is 3.25. The third-order valence-electron chi connectivity index (χ3n) is 2.59. The monoisotopic (exact) mass is 177 g/mol. The Morgan fingerprint density at radius 2 is 1.69 bits per heavy atom. The van der Waals surface area contributed by atoms with Crippen LogP contribution in [0.4, 0.5) is 5.69 Å². The molecule has 13 heavy (non-hydrogen) atoms. The summed E-state index contributed by atoms with van der Waals surface area (Å²) < 4.78 is 0. The lowest BCUT2D eigenvalue weighted by atomic mass is 10.00. The van der Waals surface area contributed by atoms with Crippen LogP contribution in [0, 0.1) is 6.92 Å². The standard InChI is InChI=1S/C12H19N/c1-5-10-8-12(13-4)11(6-2)7-9(10)3/h7-8,13H,5-6H2,1-4H3. The zero-order valence-corrected chi connectivity index (χ0v) is 9.07. The van der Waals surface area contributed by atoms with Gasteiger partial charge >= 0.3 is 0 Å². The van der Waals surface area contributed by atoms with Crippen molar-refractivity contribution >= 4 is 5.69 Å². The fraction of sp³-hybridized carbons (Fsp3) is 0.500. The molecule has 0 saturated heterocycles. The first-order chi connectivity index (χ1) is 6.22. The van der Waals surface area contributed by atoms with Crippen LogP contribution in [0.25, 0.3) is 0 Å². The van der Waals surface area contributed by atoms with Crippen LogP contribution in [0.3, 0.4) is 0 Å². The maximum Gasteiger partial charge on any atom is 0.0372 e. The minimum absolute atomic E-state index is 1.10. The average Bonchev–Trinajstić information content (AvgIpc) is 2.17. The summed E-state index contributed by atoms with van der Waals surface area (Å²) in [6.45, 7) is 6.59.